The van der Waals surface area contributed by atoms with Crippen molar-refractivity contribution in [1.29, 1.82) is 0 Å². The summed E-state index contributed by atoms with van der Waals surface area (Å²) in [5.41, 5.74) is 1.04. The Morgan fingerprint density at radius 1 is 1.30 bits per heavy atom. The quantitative estimate of drug-likeness (QED) is 0.696. The van der Waals surface area contributed by atoms with Crippen LogP contribution in [0.25, 0.3) is 0 Å². The minimum atomic E-state index is -3.39. The average Bonchev–Trinajstić information content (AvgIpc) is 3.21. The molecule has 1 N–H and O–H groups in total. The lowest BCUT2D eigenvalue weighted by molar-refractivity contribution is -0.126. The van der Waals surface area contributed by atoms with E-state index in [1.54, 1.807) is 21.8 Å². The lowest BCUT2D eigenvalue weighted by Gasteiger charge is -2.33. The topological polar surface area (TPSA) is 66.5 Å². The summed E-state index contributed by atoms with van der Waals surface area (Å²) in [5.74, 6) is 0.0839. The Kier molecular flexibility index (Phi) is 6.73. The average molecular weight is 471 g/mol. The highest BCUT2D eigenvalue weighted by Crippen LogP contribution is 2.30. The first-order chi connectivity index (χ1) is 12.9. The van der Waals surface area contributed by atoms with Gasteiger partial charge in [-0.15, -0.1) is 11.3 Å². The number of carbonyl (C=O) groups excluding carboxylic acids is 1. The number of hydrogen-bond donors (Lipinski definition) is 1. The highest BCUT2D eigenvalue weighted by Gasteiger charge is 2.33. The van der Waals surface area contributed by atoms with Gasteiger partial charge in [0.15, 0.2) is 0 Å². The van der Waals surface area contributed by atoms with Crippen LogP contribution in [-0.2, 0) is 21.4 Å². The minimum absolute atomic E-state index is 0.0227. The normalized spacial score (nSPS) is 17.6. The van der Waals surface area contributed by atoms with Gasteiger partial charge in [0.05, 0.1) is 0 Å². The first-order valence-electron chi connectivity index (χ1n) is 8.94. The van der Waals surface area contributed by atoms with Crippen LogP contribution in [-0.4, -0.2) is 31.7 Å². The Balaban J connectivity index is 1.52. The number of carbonyl (C=O) groups is 1. The fraction of sp³-hybridized carbons (Fsp3) is 0.421. The molecule has 1 unspecified atom stereocenters. The van der Waals surface area contributed by atoms with Gasteiger partial charge in [0, 0.05) is 30.0 Å². The van der Waals surface area contributed by atoms with Crippen LogP contribution in [0.3, 0.4) is 0 Å². The van der Waals surface area contributed by atoms with E-state index in [9.17, 15) is 13.2 Å². The van der Waals surface area contributed by atoms with Crippen LogP contribution < -0.4 is 5.32 Å². The lowest BCUT2D eigenvalue weighted by atomic mass is 9.85. The molecule has 0 spiro atoms. The van der Waals surface area contributed by atoms with Gasteiger partial charge in [-0.1, -0.05) is 41.1 Å². The molecule has 1 aromatic carbocycles. The first-order valence-corrected chi connectivity index (χ1v) is 12.0. The molecule has 146 valence electrons. The molecule has 0 bridgehead atoms. The van der Waals surface area contributed by atoms with Crippen LogP contribution in [0.4, 0.5) is 0 Å². The molecule has 1 aliphatic rings. The van der Waals surface area contributed by atoms with Gasteiger partial charge in [0.2, 0.25) is 5.91 Å². The molecule has 5 nitrogen and oxygen atoms in total. The van der Waals surface area contributed by atoms with Gasteiger partial charge in [-0.3, -0.25) is 4.79 Å². The summed E-state index contributed by atoms with van der Waals surface area (Å²) in [4.78, 5) is 12.5. The van der Waals surface area contributed by atoms with Gasteiger partial charge in [-0.2, -0.15) is 4.31 Å². The van der Waals surface area contributed by atoms with Crippen molar-refractivity contribution in [2.45, 2.75) is 30.5 Å². The molecular weight excluding hydrogens is 448 g/mol. The van der Waals surface area contributed by atoms with Crippen molar-refractivity contribution in [2.75, 3.05) is 13.1 Å². The van der Waals surface area contributed by atoms with Crippen molar-refractivity contribution in [2.24, 2.45) is 11.8 Å². The number of halogens is 1. The number of amides is 1. The Morgan fingerprint density at radius 3 is 2.67 bits per heavy atom. The van der Waals surface area contributed by atoms with Gasteiger partial charge >= 0.3 is 0 Å². The van der Waals surface area contributed by atoms with E-state index in [1.807, 2.05) is 31.2 Å². The van der Waals surface area contributed by atoms with Crippen molar-refractivity contribution in [3.8, 4) is 0 Å². The van der Waals surface area contributed by atoms with Gasteiger partial charge < -0.3 is 5.32 Å². The Labute approximate surface area is 173 Å². The zero-order valence-corrected chi connectivity index (χ0v) is 18.3. The summed E-state index contributed by atoms with van der Waals surface area (Å²) >= 11 is 4.67. The second-order valence-corrected chi connectivity index (χ2v) is 10.8. The molecule has 1 atom stereocenters. The molecule has 0 radical (unpaired) electrons. The zero-order valence-electron chi connectivity index (χ0n) is 15.1. The Morgan fingerprint density at radius 2 is 2.04 bits per heavy atom. The van der Waals surface area contributed by atoms with Crippen LogP contribution >= 0.6 is 27.3 Å². The third kappa shape index (κ3) is 4.99. The predicted molar refractivity (Wildman–Crippen MR) is 111 cm³/mol. The van der Waals surface area contributed by atoms with Crippen molar-refractivity contribution in [3.63, 3.8) is 0 Å². The van der Waals surface area contributed by atoms with E-state index in [0.717, 1.165) is 10.0 Å². The van der Waals surface area contributed by atoms with E-state index >= 15 is 0 Å². The van der Waals surface area contributed by atoms with E-state index in [0.29, 0.717) is 36.7 Å². The summed E-state index contributed by atoms with van der Waals surface area (Å²) in [5, 5.41) is 4.77. The van der Waals surface area contributed by atoms with Crippen molar-refractivity contribution >= 4 is 43.2 Å². The molecule has 8 heteroatoms. The molecule has 2 heterocycles. The van der Waals surface area contributed by atoms with Crippen molar-refractivity contribution < 1.29 is 13.2 Å². The third-order valence-electron chi connectivity index (χ3n) is 5.06. The van der Waals surface area contributed by atoms with E-state index < -0.39 is 10.0 Å². The minimum Gasteiger partial charge on any atom is -0.352 e. The fourth-order valence-corrected chi connectivity index (χ4v) is 6.43. The zero-order chi connectivity index (χ0) is 19.4. The second kappa shape index (κ2) is 8.86. The molecule has 1 amide bonds. The number of sulfonamides is 1. The molecule has 1 saturated heterocycles. The molecule has 2 aromatic rings. The maximum absolute atomic E-state index is 12.6. The summed E-state index contributed by atoms with van der Waals surface area (Å²) in [6, 6.07) is 11.2. The van der Waals surface area contributed by atoms with Crippen LogP contribution in [0.1, 0.15) is 25.3 Å². The van der Waals surface area contributed by atoms with Crippen LogP contribution in [0.15, 0.2) is 50.5 Å². The number of thiophene rings is 1. The maximum atomic E-state index is 12.6. The van der Waals surface area contributed by atoms with Gasteiger partial charge in [0.1, 0.15) is 4.21 Å². The standard InChI is InChI=1S/C19H23BrN2O3S2/c1-14(19(23)21-13-15-4-2-5-17(20)12-15)16-7-9-22(10-8-16)27(24,25)18-6-3-11-26-18/h2-6,11-12,14,16H,7-10,13H2,1H3,(H,21,23). The summed E-state index contributed by atoms with van der Waals surface area (Å²) in [6.07, 6.45) is 1.41. The number of piperidine rings is 1. The summed E-state index contributed by atoms with van der Waals surface area (Å²) in [7, 11) is -3.39. The fourth-order valence-electron chi connectivity index (χ4n) is 3.36. The van der Waals surface area contributed by atoms with E-state index in [2.05, 4.69) is 21.2 Å². The van der Waals surface area contributed by atoms with Crippen LogP contribution in [0.5, 0.6) is 0 Å². The monoisotopic (exact) mass is 470 g/mol. The smallest absolute Gasteiger partial charge is 0.252 e. The third-order valence-corrected chi connectivity index (χ3v) is 8.83. The predicted octanol–water partition coefficient (Wildman–Crippen LogP) is 3.86. The molecule has 0 saturated carbocycles. The highest BCUT2D eigenvalue weighted by molar-refractivity contribution is 9.10. The Bertz CT molecular complexity index is 876. The highest BCUT2D eigenvalue weighted by atomic mass is 79.9. The number of hydrogen-bond acceptors (Lipinski definition) is 4. The maximum Gasteiger partial charge on any atom is 0.252 e. The molecule has 1 aliphatic heterocycles. The summed E-state index contributed by atoms with van der Waals surface area (Å²) < 4.78 is 28.1. The van der Waals surface area contributed by atoms with Crippen LogP contribution in [0, 0.1) is 11.8 Å². The Hall–Kier alpha value is -1.22. The van der Waals surface area contributed by atoms with Crippen molar-refractivity contribution in [3.05, 3.63) is 51.8 Å². The second-order valence-electron chi connectivity index (χ2n) is 6.81. The molecule has 0 aliphatic carbocycles. The summed E-state index contributed by atoms with van der Waals surface area (Å²) in [6.45, 7) is 3.36. The van der Waals surface area contributed by atoms with Gasteiger partial charge in [-0.25, -0.2) is 8.42 Å². The first kappa shape index (κ1) is 20.5. The molecule has 27 heavy (non-hydrogen) atoms. The molecule has 3 rings (SSSR count). The van der Waals surface area contributed by atoms with E-state index in [4.69, 9.17) is 0 Å². The largest absolute Gasteiger partial charge is 0.352 e. The van der Waals surface area contributed by atoms with Crippen molar-refractivity contribution in [1.82, 2.24) is 9.62 Å². The number of nitrogens with zero attached hydrogens (tertiary/aromatic N) is 1. The number of rotatable bonds is 6. The number of benzene rings is 1. The van der Waals surface area contributed by atoms with E-state index in [-0.39, 0.29) is 17.7 Å². The van der Waals surface area contributed by atoms with E-state index in [1.165, 1.54) is 11.3 Å². The SMILES string of the molecule is CC(C(=O)NCc1cccc(Br)c1)C1CCN(S(=O)(=O)c2cccs2)CC1. The molecule has 1 aromatic heterocycles. The molecular formula is C19H23BrN2O3S2. The lowest BCUT2D eigenvalue weighted by Crippen LogP contribution is -2.42. The van der Waals surface area contributed by atoms with Crippen LogP contribution in [0.2, 0.25) is 0 Å². The van der Waals surface area contributed by atoms with Gasteiger partial charge in [-0.05, 0) is 47.9 Å². The molecule has 1 fully saturated rings. The number of nitrogens with one attached hydrogen (secondary N) is 1. The van der Waals surface area contributed by atoms with Gasteiger partial charge in [0.25, 0.3) is 10.0 Å².